The molecular weight excluding hydrogens is 246 g/mol. The van der Waals surface area contributed by atoms with Crippen molar-refractivity contribution in [2.45, 2.75) is 64.0 Å². The molecule has 0 aromatic heterocycles. The zero-order valence-corrected chi connectivity index (χ0v) is 13.3. The summed E-state index contributed by atoms with van der Waals surface area (Å²) < 4.78 is 0. The van der Waals surface area contributed by atoms with Gasteiger partial charge in [0.25, 0.3) is 0 Å². The van der Waals surface area contributed by atoms with Crippen molar-refractivity contribution in [2.75, 3.05) is 39.3 Å². The van der Waals surface area contributed by atoms with E-state index in [1.54, 1.807) is 0 Å². The number of hydrogen-bond donors (Lipinski definition) is 1. The van der Waals surface area contributed by atoms with Crippen LogP contribution in [0.4, 0.5) is 0 Å². The van der Waals surface area contributed by atoms with E-state index in [2.05, 4.69) is 22.0 Å². The van der Waals surface area contributed by atoms with Crippen LogP contribution in [0.5, 0.6) is 0 Å². The molecule has 2 aliphatic heterocycles. The topological polar surface area (TPSA) is 18.5 Å². The van der Waals surface area contributed by atoms with E-state index in [1.807, 2.05) is 0 Å². The monoisotopic (exact) mass is 279 g/mol. The summed E-state index contributed by atoms with van der Waals surface area (Å²) in [7, 11) is 0. The van der Waals surface area contributed by atoms with Gasteiger partial charge in [-0.25, -0.2) is 0 Å². The number of nitrogens with one attached hydrogen (secondary N) is 1. The van der Waals surface area contributed by atoms with E-state index in [9.17, 15) is 0 Å². The molecule has 20 heavy (non-hydrogen) atoms. The fourth-order valence-electron chi connectivity index (χ4n) is 3.89. The molecule has 3 heteroatoms. The van der Waals surface area contributed by atoms with E-state index in [0.29, 0.717) is 0 Å². The molecule has 1 N–H and O–H groups in total. The summed E-state index contributed by atoms with van der Waals surface area (Å²) in [4.78, 5) is 5.42. The Kier molecular flexibility index (Phi) is 5.36. The largest absolute Gasteiger partial charge is 0.314 e. The molecule has 1 aliphatic carbocycles. The maximum Gasteiger partial charge on any atom is 0.00683 e. The number of piperidine rings is 1. The molecule has 0 aromatic carbocycles. The number of rotatable bonds is 7. The predicted octanol–water partition coefficient (Wildman–Crippen LogP) is 2.32. The molecule has 0 aromatic rings. The van der Waals surface area contributed by atoms with Gasteiger partial charge in [0.2, 0.25) is 0 Å². The fraction of sp³-hybridized carbons (Fsp3) is 1.00. The molecule has 3 fully saturated rings. The second-order valence-corrected chi connectivity index (χ2v) is 7.37. The Hall–Kier alpha value is -0.120. The smallest absolute Gasteiger partial charge is 0.00683 e. The van der Waals surface area contributed by atoms with Crippen molar-refractivity contribution in [3.05, 3.63) is 0 Å². The Balaban J connectivity index is 1.27. The minimum Gasteiger partial charge on any atom is -0.314 e. The first-order valence-corrected chi connectivity index (χ1v) is 9.01. The van der Waals surface area contributed by atoms with Crippen LogP contribution < -0.4 is 5.32 Å². The number of likely N-dealkylation sites (tertiary alicyclic amines) is 2. The van der Waals surface area contributed by atoms with E-state index >= 15 is 0 Å². The van der Waals surface area contributed by atoms with Crippen LogP contribution in [0.25, 0.3) is 0 Å². The van der Waals surface area contributed by atoms with Crippen LogP contribution >= 0.6 is 0 Å². The Morgan fingerprint density at radius 2 is 1.90 bits per heavy atom. The highest BCUT2D eigenvalue weighted by atomic mass is 15.2. The molecule has 2 saturated heterocycles. The zero-order chi connectivity index (χ0) is 13.8. The van der Waals surface area contributed by atoms with Crippen LogP contribution in [0.2, 0.25) is 0 Å². The first-order valence-electron chi connectivity index (χ1n) is 9.01. The summed E-state index contributed by atoms with van der Waals surface area (Å²) >= 11 is 0. The third kappa shape index (κ3) is 4.44. The van der Waals surface area contributed by atoms with Gasteiger partial charge < -0.3 is 15.1 Å². The first-order chi connectivity index (χ1) is 9.81. The van der Waals surface area contributed by atoms with Crippen molar-refractivity contribution >= 4 is 0 Å². The van der Waals surface area contributed by atoms with Gasteiger partial charge >= 0.3 is 0 Å². The van der Waals surface area contributed by atoms with Crippen molar-refractivity contribution in [1.82, 2.24) is 15.1 Å². The summed E-state index contributed by atoms with van der Waals surface area (Å²) in [5.41, 5.74) is 0. The molecule has 1 saturated carbocycles. The third-order valence-electron chi connectivity index (χ3n) is 5.50. The van der Waals surface area contributed by atoms with Crippen LogP contribution in [0, 0.1) is 5.92 Å². The Labute approximate surface area is 125 Å². The summed E-state index contributed by atoms with van der Waals surface area (Å²) in [5, 5.41) is 3.70. The van der Waals surface area contributed by atoms with Gasteiger partial charge in [0.1, 0.15) is 0 Å². The van der Waals surface area contributed by atoms with E-state index in [1.165, 1.54) is 84.2 Å². The van der Waals surface area contributed by atoms with Crippen LogP contribution in [0.3, 0.4) is 0 Å². The lowest BCUT2D eigenvalue weighted by Gasteiger charge is -2.33. The van der Waals surface area contributed by atoms with Crippen molar-refractivity contribution in [2.24, 2.45) is 5.92 Å². The standard InChI is InChI=1S/C17H33N3/c1-15-5-2-3-10-20(15)11-4-9-19-12-8-16(14-19)13-18-17-6-7-17/h15-18H,2-14H2,1H3. The molecule has 3 aliphatic rings. The average Bonchev–Trinajstić information content (AvgIpc) is 3.18. The average molecular weight is 279 g/mol. The van der Waals surface area contributed by atoms with Crippen molar-refractivity contribution in [3.8, 4) is 0 Å². The van der Waals surface area contributed by atoms with Gasteiger partial charge in [-0.2, -0.15) is 0 Å². The highest BCUT2D eigenvalue weighted by molar-refractivity contribution is 4.84. The van der Waals surface area contributed by atoms with Crippen LogP contribution in [-0.2, 0) is 0 Å². The summed E-state index contributed by atoms with van der Waals surface area (Å²) in [6, 6.07) is 1.71. The second-order valence-electron chi connectivity index (χ2n) is 7.37. The predicted molar refractivity (Wildman–Crippen MR) is 85.1 cm³/mol. The maximum absolute atomic E-state index is 3.70. The van der Waals surface area contributed by atoms with Crippen LogP contribution in [0.1, 0.15) is 51.9 Å². The summed E-state index contributed by atoms with van der Waals surface area (Å²) in [5.74, 6) is 0.921. The van der Waals surface area contributed by atoms with Gasteiger partial charge in [0.15, 0.2) is 0 Å². The van der Waals surface area contributed by atoms with E-state index in [0.717, 1.165) is 18.0 Å². The van der Waals surface area contributed by atoms with Gasteiger partial charge in [-0.05, 0) is 84.1 Å². The summed E-state index contributed by atoms with van der Waals surface area (Å²) in [6.07, 6.45) is 9.91. The molecule has 0 bridgehead atoms. The van der Waals surface area contributed by atoms with E-state index < -0.39 is 0 Å². The van der Waals surface area contributed by atoms with Gasteiger partial charge in [-0.1, -0.05) is 6.42 Å². The van der Waals surface area contributed by atoms with E-state index in [-0.39, 0.29) is 0 Å². The lowest BCUT2D eigenvalue weighted by Crippen LogP contribution is -2.39. The molecule has 2 heterocycles. The molecule has 3 rings (SSSR count). The highest BCUT2D eigenvalue weighted by Gasteiger charge is 2.26. The third-order valence-corrected chi connectivity index (χ3v) is 5.50. The lowest BCUT2D eigenvalue weighted by molar-refractivity contribution is 0.152. The number of hydrogen-bond acceptors (Lipinski definition) is 3. The van der Waals surface area contributed by atoms with Crippen molar-refractivity contribution in [3.63, 3.8) is 0 Å². The van der Waals surface area contributed by atoms with Crippen molar-refractivity contribution in [1.29, 1.82) is 0 Å². The Morgan fingerprint density at radius 1 is 1.00 bits per heavy atom. The Bertz CT molecular complexity index is 290. The molecular formula is C17H33N3. The normalized spacial score (nSPS) is 32.9. The van der Waals surface area contributed by atoms with Crippen LogP contribution in [-0.4, -0.2) is 61.2 Å². The molecule has 0 radical (unpaired) electrons. The van der Waals surface area contributed by atoms with Crippen molar-refractivity contribution < 1.29 is 0 Å². The first kappa shape index (κ1) is 14.8. The zero-order valence-electron chi connectivity index (χ0n) is 13.3. The molecule has 0 spiro atoms. The van der Waals surface area contributed by atoms with Crippen LogP contribution in [0.15, 0.2) is 0 Å². The quantitative estimate of drug-likeness (QED) is 0.771. The molecule has 0 amide bonds. The summed E-state index contributed by atoms with van der Waals surface area (Å²) in [6.45, 7) is 10.3. The Morgan fingerprint density at radius 3 is 2.70 bits per heavy atom. The molecule has 2 unspecified atom stereocenters. The minimum atomic E-state index is 0.831. The highest BCUT2D eigenvalue weighted by Crippen LogP contribution is 2.22. The minimum absolute atomic E-state index is 0.831. The maximum atomic E-state index is 3.70. The lowest BCUT2D eigenvalue weighted by atomic mass is 10.0. The SMILES string of the molecule is CC1CCCCN1CCCN1CCC(CNC2CC2)C1. The number of nitrogens with zero attached hydrogens (tertiary/aromatic N) is 2. The van der Waals surface area contributed by atoms with Gasteiger partial charge in [0, 0.05) is 18.6 Å². The fourth-order valence-corrected chi connectivity index (χ4v) is 3.89. The van der Waals surface area contributed by atoms with Gasteiger partial charge in [0.05, 0.1) is 0 Å². The van der Waals surface area contributed by atoms with E-state index in [4.69, 9.17) is 0 Å². The molecule has 116 valence electrons. The van der Waals surface area contributed by atoms with Gasteiger partial charge in [-0.15, -0.1) is 0 Å². The molecule has 2 atom stereocenters. The molecule has 3 nitrogen and oxygen atoms in total. The second kappa shape index (κ2) is 7.24. The van der Waals surface area contributed by atoms with Gasteiger partial charge in [-0.3, -0.25) is 0 Å².